The van der Waals surface area contributed by atoms with Gasteiger partial charge in [-0.05, 0) is 34.6 Å². The number of hydrogen-bond donors (Lipinski definition) is 1. The smallest absolute Gasteiger partial charge is 0.339 e. The van der Waals surface area contributed by atoms with Crippen LogP contribution in [-0.2, 0) is 19.1 Å². The molecular weight excluding hydrogens is 248 g/mol. The van der Waals surface area contributed by atoms with Crippen LogP contribution in [0.1, 0.15) is 47.5 Å². The highest BCUT2D eigenvalue weighted by Crippen LogP contribution is 2.23. The van der Waals surface area contributed by atoms with Crippen molar-refractivity contribution in [2.45, 2.75) is 65.3 Å². The molecule has 5 heteroatoms. The van der Waals surface area contributed by atoms with Gasteiger partial charge in [0, 0.05) is 6.42 Å². The lowest BCUT2D eigenvalue weighted by Crippen LogP contribution is -2.44. The van der Waals surface area contributed by atoms with E-state index in [9.17, 15) is 14.7 Å². The Morgan fingerprint density at radius 3 is 1.95 bits per heavy atom. The van der Waals surface area contributed by atoms with Crippen LogP contribution in [0, 0.1) is 0 Å². The van der Waals surface area contributed by atoms with Gasteiger partial charge in [0.25, 0.3) is 0 Å². The molecule has 0 saturated carbocycles. The standard InChI is InChI=1S/C14H24O5/c1-9(2)7-14(17,13(16)19-11(5)6)8-12(15)18-10(3)4/h10-11,17H,1,7-8H2,2-6H3/t14-/m0/s1. The highest BCUT2D eigenvalue weighted by molar-refractivity contribution is 5.86. The van der Waals surface area contributed by atoms with Gasteiger partial charge in [0.15, 0.2) is 5.60 Å². The molecule has 0 aliphatic rings. The third kappa shape index (κ3) is 6.96. The molecule has 1 N–H and O–H groups in total. The summed E-state index contributed by atoms with van der Waals surface area (Å²) in [6.07, 6.45) is -1.15. The van der Waals surface area contributed by atoms with Crippen LogP contribution in [0.3, 0.4) is 0 Å². The Kier molecular flexibility index (Phi) is 6.76. The van der Waals surface area contributed by atoms with E-state index in [0.717, 1.165) is 0 Å². The van der Waals surface area contributed by atoms with Gasteiger partial charge >= 0.3 is 11.9 Å². The molecule has 0 unspecified atom stereocenters. The van der Waals surface area contributed by atoms with Crippen LogP contribution < -0.4 is 0 Å². The van der Waals surface area contributed by atoms with Crippen LogP contribution >= 0.6 is 0 Å². The monoisotopic (exact) mass is 272 g/mol. The molecule has 0 amide bonds. The maximum atomic E-state index is 11.9. The van der Waals surface area contributed by atoms with Crippen molar-refractivity contribution in [1.29, 1.82) is 0 Å². The fraction of sp³-hybridized carbons (Fsp3) is 0.714. The molecular formula is C14H24O5. The minimum Gasteiger partial charge on any atom is -0.463 e. The average Bonchev–Trinajstić information content (AvgIpc) is 2.12. The van der Waals surface area contributed by atoms with Crippen molar-refractivity contribution < 1.29 is 24.2 Å². The molecule has 0 radical (unpaired) electrons. The molecule has 110 valence electrons. The molecule has 0 bridgehead atoms. The summed E-state index contributed by atoms with van der Waals surface area (Å²) in [5.74, 6) is -1.47. The second-order valence-corrected chi connectivity index (χ2v) is 5.33. The van der Waals surface area contributed by atoms with Crippen LogP contribution in [0.25, 0.3) is 0 Å². The zero-order chi connectivity index (χ0) is 15.2. The van der Waals surface area contributed by atoms with E-state index in [1.165, 1.54) is 0 Å². The Labute approximate surface area is 114 Å². The van der Waals surface area contributed by atoms with Crippen LogP contribution in [0.5, 0.6) is 0 Å². The summed E-state index contributed by atoms with van der Waals surface area (Å²) in [5, 5.41) is 10.3. The minimum absolute atomic E-state index is 0.0360. The van der Waals surface area contributed by atoms with Gasteiger partial charge in [-0.15, -0.1) is 6.58 Å². The Morgan fingerprint density at radius 2 is 1.58 bits per heavy atom. The summed E-state index contributed by atoms with van der Waals surface area (Å²) >= 11 is 0. The number of hydrogen-bond acceptors (Lipinski definition) is 5. The van der Waals surface area contributed by atoms with E-state index in [2.05, 4.69) is 6.58 Å². The zero-order valence-electron chi connectivity index (χ0n) is 12.4. The van der Waals surface area contributed by atoms with Crippen LogP contribution in [0.4, 0.5) is 0 Å². The number of ether oxygens (including phenoxy) is 2. The molecule has 1 atom stereocenters. The summed E-state index contributed by atoms with van der Waals surface area (Å²) in [5.41, 5.74) is -1.33. The SMILES string of the molecule is C=C(C)C[C@](O)(CC(=O)OC(C)C)C(=O)OC(C)C. The summed E-state index contributed by atoms with van der Waals surface area (Å²) in [6, 6.07) is 0. The van der Waals surface area contributed by atoms with Crippen molar-refractivity contribution in [3.05, 3.63) is 12.2 Å². The van der Waals surface area contributed by atoms with E-state index in [1.54, 1.807) is 34.6 Å². The zero-order valence-corrected chi connectivity index (χ0v) is 12.4. The molecule has 0 aromatic carbocycles. The largest absolute Gasteiger partial charge is 0.463 e. The fourth-order valence-corrected chi connectivity index (χ4v) is 1.57. The lowest BCUT2D eigenvalue weighted by atomic mass is 9.92. The van der Waals surface area contributed by atoms with Crippen molar-refractivity contribution >= 4 is 11.9 Å². The number of rotatable bonds is 7. The second-order valence-electron chi connectivity index (χ2n) is 5.33. The molecule has 0 aromatic rings. The van der Waals surface area contributed by atoms with Crippen LogP contribution in [0.15, 0.2) is 12.2 Å². The van der Waals surface area contributed by atoms with Crippen LogP contribution in [-0.4, -0.2) is 34.9 Å². The molecule has 0 saturated heterocycles. The number of carbonyl (C=O) groups is 2. The van der Waals surface area contributed by atoms with Gasteiger partial charge in [0.1, 0.15) is 0 Å². The topological polar surface area (TPSA) is 72.8 Å². The molecule has 0 rings (SSSR count). The van der Waals surface area contributed by atoms with Gasteiger partial charge in [0.2, 0.25) is 0 Å². The van der Waals surface area contributed by atoms with E-state index in [-0.39, 0.29) is 18.6 Å². The first-order chi connectivity index (χ1) is 8.56. The molecule has 0 spiro atoms. The summed E-state index contributed by atoms with van der Waals surface area (Å²) in [7, 11) is 0. The van der Waals surface area contributed by atoms with Gasteiger partial charge in [-0.3, -0.25) is 4.79 Å². The van der Waals surface area contributed by atoms with E-state index < -0.39 is 24.0 Å². The van der Waals surface area contributed by atoms with Crippen molar-refractivity contribution in [2.24, 2.45) is 0 Å². The normalized spacial score (nSPS) is 14.1. The first kappa shape index (κ1) is 17.6. The first-order valence-electron chi connectivity index (χ1n) is 6.34. The van der Waals surface area contributed by atoms with Crippen LogP contribution in [0.2, 0.25) is 0 Å². The Morgan fingerprint density at radius 1 is 1.11 bits per heavy atom. The molecule has 0 heterocycles. The second kappa shape index (κ2) is 7.28. The van der Waals surface area contributed by atoms with E-state index in [1.807, 2.05) is 0 Å². The van der Waals surface area contributed by atoms with Gasteiger partial charge in [-0.25, -0.2) is 4.79 Å². The minimum atomic E-state index is -1.91. The molecule has 5 nitrogen and oxygen atoms in total. The van der Waals surface area contributed by atoms with Crippen molar-refractivity contribution in [3.63, 3.8) is 0 Å². The highest BCUT2D eigenvalue weighted by atomic mass is 16.6. The third-order valence-corrected chi connectivity index (χ3v) is 2.12. The number of esters is 2. The molecule has 19 heavy (non-hydrogen) atoms. The Hall–Kier alpha value is -1.36. The Bertz CT molecular complexity index is 346. The molecule has 0 aliphatic heterocycles. The summed E-state index contributed by atoms with van der Waals surface area (Å²) in [4.78, 5) is 23.5. The highest BCUT2D eigenvalue weighted by Gasteiger charge is 2.41. The van der Waals surface area contributed by atoms with Gasteiger partial charge in [0.05, 0.1) is 18.6 Å². The maximum absolute atomic E-state index is 11.9. The summed E-state index contributed by atoms with van der Waals surface area (Å²) in [6.45, 7) is 12.1. The predicted octanol–water partition coefficient (Wildman–Crippen LogP) is 1.98. The average molecular weight is 272 g/mol. The predicted molar refractivity (Wildman–Crippen MR) is 71.5 cm³/mol. The maximum Gasteiger partial charge on any atom is 0.339 e. The van der Waals surface area contributed by atoms with Crippen molar-refractivity contribution in [2.75, 3.05) is 0 Å². The third-order valence-electron chi connectivity index (χ3n) is 2.12. The van der Waals surface area contributed by atoms with E-state index in [0.29, 0.717) is 5.57 Å². The van der Waals surface area contributed by atoms with Gasteiger partial charge in [-0.1, -0.05) is 5.57 Å². The van der Waals surface area contributed by atoms with E-state index >= 15 is 0 Å². The first-order valence-corrected chi connectivity index (χ1v) is 6.34. The fourth-order valence-electron chi connectivity index (χ4n) is 1.57. The number of aliphatic hydroxyl groups is 1. The molecule has 0 fully saturated rings. The summed E-state index contributed by atoms with van der Waals surface area (Å²) < 4.78 is 9.93. The quantitative estimate of drug-likeness (QED) is 0.566. The van der Waals surface area contributed by atoms with Gasteiger partial charge < -0.3 is 14.6 Å². The van der Waals surface area contributed by atoms with Gasteiger partial charge in [-0.2, -0.15) is 0 Å². The lowest BCUT2D eigenvalue weighted by Gasteiger charge is -2.26. The number of carbonyl (C=O) groups excluding carboxylic acids is 2. The molecule has 0 aliphatic carbocycles. The van der Waals surface area contributed by atoms with Crippen molar-refractivity contribution in [3.8, 4) is 0 Å². The molecule has 0 aromatic heterocycles. The Balaban J connectivity index is 4.91. The lowest BCUT2D eigenvalue weighted by molar-refractivity contribution is -0.176. The van der Waals surface area contributed by atoms with E-state index in [4.69, 9.17) is 9.47 Å². The van der Waals surface area contributed by atoms with Crippen molar-refractivity contribution in [1.82, 2.24) is 0 Å².